The van der Waals surface area contributed by atoms with E-state index in [0.29, 0.717) is 11.3 Å². The SMILES string of the molecule is CC(O)[C@@H]1C[C@@H]2[C@H](C[C@]1(C)O)C2(C)C. The van der Waals surface area contributed by atoms with E-state index in [1.807, 2.05) is 6.92 Å². The van der Waals surface area contributed by atoms with Crippen LogP contribution in [0.2, 0.25) is 0 Å². The predicted molar refractivity (Wildman–Crippen MR) is 55.8 cm³/mol. The minimum absolute atomic E-state index is 0.0607. The van der Waals surface area contributed by atoms with Gasteiger partial charge in [-0.05, 0) is 43.9 Å². The van der Waals surface area contributed by atoms with Gasteiger partial charge in [-0.15, -0.1) is 0 Å². The van der Waals surface area contributed by atoms with Gasteiger partial charge in [0.1, 0.15) is 0 Å². The second-order valence-corrected chi connectivity index (χ2v) is 6.18. The molecule has 0 aromatic carbocycles. The van der Waals surface area contributed by atoms with Gasteiger partial charge in [-0.1, -0.05) is 13.8 Å². The fraction of sp³-hybridized carbons (Fsp3) is 1.00. The first-order valence-electron chi connectivity index (χ1n) is 5.67. The summed E-state index contributed by atoms with van der Waals surface area (Å²) in [6.45, 7) is 8.25. The van der Waals surface area contributed by atoms with Crippen molar-refractivity contribution in [2.24, 2.45) is 23.2 Å². The maximum Gasteiger partial charge on any atom is 0.0675 e. The van der Waals surface area contributed by atoms with E-state index >= 15 is 0 Å². The molecule has 2 N–H and O–H groups in total. The Morgan fingerprint density at radius 3 is 2.29 bits per heavy atom. The fourth-order valence-electron chi connectivity index (χ4n) is 3.57. The van der Waals surface area contributed by atoms with Crippen LogP contribution in [-0.4, -0.2) is 21.9 Å². The van der Waals surface area contributed by atoms with E-state index in [9.17, 15) is 10.2 Å². The molecule has 0 aromatic rings. The van der Waals surface area contributed by atoms with Crippen LogP contribution in [0.1, 0.15) is 40.5 Å². The second-order valence-electron chi connectivity index (χ2n) is 6.18. The van der Waals surface area contributed by atoms with E-state index in [2.05, 4.69) is 13.8 Å². The molecule has 5 atom stereocenters. The lowest BCUT2D eigenvalue weighted by Crippen LogP contribution is -2.43. The van der Waals surface area contributed by atoms with Crippen LogP contribution >= 0.6 is 0 Å². The first-order valence-corrected chi connectivity index (χ1v) is 5.67. The Morgan fingerprint density at radius 2 is 1.79 bits per heavy atom. The lowest BCUT2D eigenvalue weighted by Gasteiger charge is -2.38. The highest BCUT2D eigenvalue weighted by Gasteiger charge is 2.64. The largest absolute Gasteiger partial charge is 0.393 e. The molecule has 2 nitrogen and oxygen atoms in total. The monoisotopic (exact) mass is 198 g/mol. The first kappa shape index (κ1) is 10.4. The van der Waals surface area contributed by atoms with Crippen molar-refractivity contribution in [2.45, 2.75) is 52.2 Å². The second kappa shape index (κ2) is 2.73. The zero-order chi connectivity index (χ0) is 10.7. The Bertz CT molecular complexity index is 243. The topological polar surface area (TPSA) is 40.5 Å². The Morgan fingerprint density at radius 1 is 1.21 bits per heavy atom. The summed E-state index contributed by atoms with van der Waals surface area (Å²) in [5, 5.41) is 19.9. The number of hydrogen-bond donors (Lipinski definition) is 2. The van der Waals surface area contributed by atoms with E-state index in [1.165, 1.54) is 0 Å². The van der Waals surface area contributed by atoms with Gasteiger partial charge >= 0.3 is 0 Å². The van der Waals surface area contributed by atoms with Crippen molar-refractivity contribution in [3.05, 3.63) is 0 Å². The van der Waals surface area contributed by atoms with E-state index < -0.39 is 5.60 Å². The Hall–Kier alpha value is -0.0800. The first-order chi connectivity index (χ1) is 6.27. The van der Waals surface area contributed by atoms with Crippen LogP contribution in [0, 0.1) is 23.2 Å². The molecule has 0 aromatic heterocycles. The summed E-state index contributed by atoms with van der Waals surface area (Å²) in [4.78, 5) is 0. The Balaban J connectivity index is 2.15. The molecule has 1 unspecified atom stereocenters. The van der Waals surface area contributed by atoms with Crippen molar-refractivity contribution >= 4 is 0 Å². The summed E-state index contributed by atoms with van der Waals surface area (Å²) in [6, 6.07) is 0. The van der Waals surface area contributed by atoms with Gasteiger partial charge in [-0.25, -0.2) is 0 Å². The van der Waals surface area contributed by atoms with E-state index in [1.54, 1.807) is 6.92 Å². The summed E-state index contributed by atoms with van der Waals surface area (Å²) in [6.07, 6.45) is 1.46. The number of hydrogen-bond acceptors (Lipinski definition) is 2. The molecule has 0 amide bonds. The molecule has 2 fully saturated rings. The van der Waals surface area contributed by atoms with Gasteiger partial charge < -0.3 is 10.2 Å². The third-order valence-electron chi connectivity index (χ3n) is 4.81. The molecule has 0 aliphatic heterocycles. The summed E-state index contributed by atoms with van der Waals surface area (Å²) in [7, 11) is 0. The highest BCUT2D eigenvalue weighted by Crippen LogP contribution is 2.67. The van der Waals surface area contributed by atoms with Gasteiger partial charge in [0.05, 0.1) is 11.7 Å². The molecule has 0 saturated heterocycles. The van der Waals surface area contributed by atoms with Crippen LogP contribution in [0.3, 0.4) is 0 Å². The third-order valence-corrected chi connectivity index (χ3v) is 4.81. The van der Waals surface area contributed by atoms with Gasteiger partial charge in [0.15, 0.2) is 0 Å². The molecule has 0 radical (unpaired) electrons. The molecule has 2 aliphatic carbocycles. The summed E-state index contributed by atoms with van der Waals surface area (Å²) in [5.74, 6) is 1.46. The van der Waals surface area contributed by atoms with Crippen molar-refractivity contribution in [3.8, 4) is 0 Å². The van der Waals surface area contributed by atoms with Crippen LogP contribution in [-0.2, 0) is 0 Å². The number of aliphatic hydroxyl groups is 2. The lowest BCUT2D eigenvalue weighted by atomic mass is 9.74. The van der Waals surface area contributed by atoms with E-state index in [0.717, 1.165) is 18.8 Å². The van der Waals surface area contributed by atoms with Crippen LogP contribution < -0.4 is 0 Å². The normalized spacial score (nSPS) is 52.3. The maximum absolute atomic E-state index is 10.3. The van der Waals surface area contributed by atoms with Gasteiger partial charge in [0.2, 0.25) is 0 Å². The summed E-state index contributed by atoms with van der Waals surface area (Å²) >= 11 is 0. The van der Waals surface area contributed by atoms with Crippen LogP contribution in [0.25, 0.3) is 0 Å². The highest BCUT2D eigenvalue weighted by atomic mass is 16.3. The highest BCUT2D eigenvalue weighted by molar-refractivity contribution is 5.13. The molecule has 14 heavy (non-hydrogen) atoms. The maximum atomic E-state index is 10.3. The van der Waals surface area contributed by atoms with Gasteiger partial charge in [-0.3, -0.25) is 0 Å². The fourth-order valence-corrected chi connectivity index (χ4v) is 3.57. The predicted octanol–water partition coefficient (Wildman–Crippen LogP) is 1.80. The van der Waals surface area contributed by atoms with E-state index in [4.69, 9.17) is 0 Å². The number of fused-ring (bicyclic) bond motifs is 1. The summed E-state index contributed by atoms with van der Waals surface area (Å²) < 4.78 is 0. The Kier molecular flexibility index (Phi) is 2.04. The van der Waals surface area contributed by atoms with Gasteiger partial charge in [-0.2, -0.15) is 0 Å². The van der Waals surface area contributed by atoms with Crippen LogP contribution in [0.4, 0.5) is 0 Å². The molecule has 82 valence electrons. The molecule has 0 heterocycles. The standard InChI is InChI=1S/C12H22O2/c1-7(13)8-5-9-10(11(9,2)3)6-12(8,4)14/h7-10,13-14H,5-6H2,1-4H3/t7?,8-,9+,10-,12-/m0/s1. The van der Waals surface area contributed by atoms with Crippen molar-refractivity contribution in [1.82, 2.24) is 0 Å². The van der Waals surface area contributed by atoms with Crippen molar-refractivity contribution in [2.75, 3.05) is 0 Å². The van der Waals surface area contributed by atoms with Crippen molar-refractivity contribution in [1.29, 1.82) is 0 Å². The molecule has 2 rings (SSSR count). The molecular formula is C12H22O2. The van der Waals surface area contributed by atoms with Gasteiger partial charge in [0, 0.05) is 5.92 Å². The lowest BCUT2D eigenvalue weighted by molar-refractivity contribution is -0.0811. The number of aliphatic hydroxyl groups excluding tert-OH is 1. The average Bonchev–Trinajstić information content (AvgIpc) is 2.49. The third kappa shape index (κ3) is 1.31. The zero-order valence-corrected chi connectivity index (χ0v) is 9.62. The molecular weight excluding hydrogens is 176 g/mol. The smallest absolute Gasteiger partial charge is 0.0675 e. The molecule has 2 saturated carbocycles. The Labute approximate surface area is 86.3 Å². The minimum Gasteiger partial charge on any atom is -0.393 e. The molecule has 2 heteroatoms. The van der Waals surface area contributed by atoms with Crippen LogP contribution in [0.15, 0.2) is 0 Å². The quantitative estimate of drug-likeness (QED) is 0.674. The van der Waals surface area contributed by atoms with Crippen molar-refractivity contribution < 1.29 is 10.2 Å². The number of rotatable bonds is 1. The zero-order valence-electron chi connectivity index (χ0n) is 9.62. The molecule has 2 aliphatic rings. The average molecular weight is 198 g/mol. The van der Waals surface area contributed by atoms with Crippen LogP contribution in [0.5, 0.6) is 0 Å². The molecule has 0 bridgehead atoms. The molecule has 0 spiro atoms. The minimum atomic E-state index is -0.664. The van der Waals surface area contributed by atoms with Crippen molar-refractivity contribution in [3.63, 3.8) is 0 Å². The van der Waals surface area contributed by atoms with Gasteiger partial charge in [0.25, 0.3) is 0 Å². The van der Waals surface area contributed by atoms with E-state index in [-0.39, 0.29) is 12.0 Å². The summed E-state index contributed by atoms with van der Waals surface area (Å²) in [5.41, 5.74) is -0.267.